The number of nitrogens with one attached hydrogen (secondary N) is 3. The van der Waals surface area contributed by atoms with E-state index in [4.69, 9.17) is 21.3 Å². The van der Waals surface area contributed by atoms with Crippen molar-refractivity contribution < 1.29 is 27.5 Å². The van der Waals surface area contributed by atoms with Crippen molar-refractivity contribution in [1.29, 1.82) is 0 Å². The van der Waals surface area contributed by atoms with E-state index in [1.807, 2.05) is 6.07 Å². The Morgan fingerprint density at radius 3 is 2.47 bits per heavy atom. The minimum absolute atomic E-state index is 0.119. The highest BCUT2D eigenvalue weighted by Crippen LogP contribution is 2.46. The van der Waals surface area contributed by atoms with Gasteiger partial charge in [0.2, 0.25) is 23.5 Å². The predicted octanol–water partition coefficient (Wildman–Crippen LogP) is 5.53. The molecule has 0 bridgehead atoms. The molecule has 5 aliphatic rings. The maximum Gasteiger partial charge on any atom is 0.301 e. The van der Waals surface area contributed by atoms with Gasteiger partial charge in [0.05, 0.1) is 40.7 Å². The number of hydrogen-bond acceptors (Lipinski definition) is 12. The van der Waals surface area contributed by atoms with Gasteiger partial charge in [0.25, 0.3) is 5.56 Å². The number of imide groups is 1. The molecule has 4 fully saturated rings. The third-order valence-electron chi connectivity index (χ3n) is 13.3. The van der Waals surface area contributed by atoms with Crippen molar-refractivity contribution in [3.05, 3.63) is 63.4 Å². The Morgan fingerprint density at radius 2 is 1.73 bits per heavy atom. The van der Waals surface area contributed by atoms with Gasteiger partial charge in [-0.05, 0) is 74.3 Å². The Kier molecular flexibility index (Phi) is 10.2. The van der Waals surface area contributed by atoms with Gasteiger partial charge < -0.3 is 29.7 Å². The Morgan fingerprint density at radius 1 is 0.952 bits per heavy atom. The Balaban J connectivity index is 0.770. The number of rotatable bonds is 8. The maximum atomic E-state index is 16.1. The number of carbonyl (C=O) groups excluding carboxylic acids is 2. The van der Waals surface area contributed by atoms with E-state index in [9.17, 15) is 14.4 Å². The summed E-state index contributed by atoms with van der Waals surface area (Å²) < 4.78 is 54.9. The van der Waals surface area contributed by atoms with Crippen molar-refractivity contribution >= 4 is 74.0 Å². The standard InChI is InChI=1S/C43H47ClF3N11O4/c1-54-30-8-5-25(19-28(30)35-37(41(54)61)62-22-43(46,47)38(51-35)24-3-4-24)49-39-29(44)20-48-42(52-39)58-13-11-23(12-14-58)21-56-15-17-57(18-16-56)31-9-6-26-34(53-55(2)36(26)33(31)45)27-7-10-32(59)50-40(27)60/h5-6,8-9,19-20,23-24,27,38,51H,3-4,7,10-18,21-22H2,1-2H3,(H,48,49,52)(H,50,59,60). The van der Waals surface area contributed by atoms with Gasteiger partial charge in [0.15, 0.2) is 18.2 Å². The van der Waals surface area contributed by atoms with Gasteiger partial charge in [-0.15, -0.1) is 0 Å². The molecule has 15 nitrogen and oxygen atoms in total. The van der Waals surface area contributed by atoms with Gasteiger partial charge in [0, 0.05) is 82.8 Å². The molecule has 19 heteroatoms. The van der Waals surface area contributed by atoms with Crippen molar-refractivity contribution in [2.24, 2.45) is 25.9 Å². The molecule has 62 heavy (non-hydrogen) atoms. The van der Waals surface area contributed by atoms with Crippen LogP contribution in [0.15, 0.2) is 41.3 Å². The molecular weight excluding hydrogens is 827 g/mol. The van der Waals surface area contributed by atoms with Gasteiger partial charge in [-0.1, -0.05) is 11.6 Å². The zero-order valence-corrected chi connectivity index (χ0v) is 35.2. The molecule has 3 aromatic heterocycles. The van der Waals surface area contributed by atoms with Crippen LogP contribution in [0.4, 0.5) is 42.0 Å². The molecule has 3 N–H and O–H groups in total. The first kappa shape index (κ1) is 40.5. The molecule has 10 rings (SSSR count). The molecule has 2 aromatic carbocycles. The van der Waals surface area contributed by atoms with Gasteiger partial charge in [0.1, 0.15) is 10.5 Å². The number of piperazine rings is 1. The van der Waals surface area contributed by atoms with Crippen LogP contribution in [0.5, 0.6) is 5.75 Å². The van der Waals surface area contributed by atoms with E-state index in [1.165, 1.54) is 9.25 Å². The van der Waals surface area contributed by atoms with Crippen LogP contribution in [0.25, 0.3) is 21.8 Å². The van der Waals surface area contributed by atoms with Crippen molar-refractivity contribution in [3.63, 3.8) is 0 Å². The lowest BCUT2D eigenvalue weighted by molar-refractivity contribution is -0.134. The Bertz CT molecular complexity index is 2670. The van der Waals surface area contributed by atoms with Crippen LogP contribution in [-0.4, -0.2) is 105 Å². The SMILES string of the molecule is Cn1nc(C2CCC(=O)NC2=O)c2ccc(N3CCN(CC4CCN(c5ncc(Cl)c(Nc6ccc7c(c6)c6c(c(=O)n7C)OCC(F)(F)C(C7CC7)N6)n5)CC4)CC3)c(F)c21. The fourth-order valence-corrected chi connectivity index (χ4v) is 9.81. The third-order valence-corrected chi connectivity index (χ3v) is 13.5. The molecule has 2 amide bonds. The van der Waals surface area contributed by atoms with Gasteiger partial charge in [-0.3, -0.25) is 29.3 Å². The second-order valence-corrected chi connectivity index (χ2v) is 17.7. The number of hydrogen-bond donors (Lipinski definition) is 3. The number of benzene rings is 2. The number of aryl methyl sites for hydroxylation is 2. The second kappa shape index (κ2) is 15.6. The molecule has 2 unspecified atom stereocenters. The van der Waals surface area contributed by atoms with Crippen LogP contribution in [0.3, 0.4) is 0 Å². The zero-order valence-electron chi connectivity index (χ0n) is 34.4. The lowest BCUT2D eigenvalue weighted by Crippen LogP contribution is -2.49. The molecule has 326 valence electrons. The number of ether oxygens (including phenoxy) is 1. The summed E-state index contributed by atoms with van der Waals surface area (Å²) in [5.74, 6) is -3.70. The third kappa shape index (κ3) is 7.33. The largest absolute Gasteiger partial charge is 0.480 e. The normalized spacial score (nSPS) is 22.3. The van der Waals surface area contributed by atoms with E-state index in [2.05, 4.69) is 40.7 Å². The Labute approximate surface area is 359 Å². The fraction of sp³-hybridized carbons (Fsp3) is 0.488. The average Bonchev–Trinajstić information content (AvgIpc) is 4.06. The number of pyridine rings is 1. The van der Waals surface area contributed by atoms with Crippen LogP contribution in [0.1, 0.15) is 50.1 Å². The van der Waals surface area contributed by atoms with Crippen LogP contribution in [0, 0.1) is 17.7 Å². The number of aromatic nitrogens is 5. The molecule has 0 radical (unpaired) electrons. The van der Waals surface area contributed by atoms with Gasteiger partial charge in [-0.2, -0.15) is 10.1 Å². The molecule has 4 aliphatic heterocycles. The number of anilines is 5. The molecule has 3 saturated heterocycles. The quantitative estimate of drug-likeness (QED) is 0.168. The molecule has 7 heterocycles. The van der Waals surface area contributed by atoms with Crippen LogP contribution in [-0.2, 0) is 23.7 Å². The molecule has 1 saturated carbocycles. The summed E-state index contributed by atoms with van der Waals surface area (Å²) >= 11 is 6.62. The summed E-state index contributed by atoms with van der Waals surface area (Å²) in [6.45, 7) is 4.53. The number of halogens is 4. The number of piperidine rings is 2. The number of carbonyl (C=O) groups is 2. The molecule has 1 aliphatic carbocycles. The lowest BCUT2D eigenvalue weighted by atomic mass is 9.92. The minimum Gasteiger partial charge on any atom is -0.480 e. The topological polar surface area (TPSA) is 155 Å². The molecule has 0 spiro atoms. The van der Waals surface area contributed by atoms with Gasteiger partial charge in [-0.25, -0.2) is 18.2 Å². The summed E-state index contributed by atoms with van der Waals surface area (Å²) in [4.78, 5) is 53.5. The summed E-state index contributed by atoms with van der Waals surface area (Å²) in [6.07, 6.45) is 5.42. The summed E-state index contributed by atoms with van der Waals surface area (Å²) in [5, 5.41) is 14.7. The summed E-state index contributed by atoms with van der Waals surface area (Å²) in [7, 11) is 3.28. The van der Waals surface area contributed by atoms with E-state index in [0.29, 0.717) is 93.9 Å². The van der Waals surface area contributed by atoms with E-state index >= 15 is 13.2 Å². The highest BCUT2D eigenvalue weighted by Gasteiger charge is 2.51. The Hall–Kier alpha value is -5.62. The highest BCUT2D eigenvalue weighted by molar-refractivity contribution is 6.33. The number of amides is 2. The lowest BCUT2D eigenvalue weighted by Gasteiger charge is -2.39. The highest BCUT2D eigenvalue weighted by atomic mass is 35.5. The van der Waals surface area contributed by atoms with Gasteiger partial charge >= 0.3 is 5.92 Å². The monoisotopic (exact) mass is 873 g/mol. The summed E-state index contributed by atoms with van der Waals surface area (Å²) in [5.41, 5.74) is 2.31. The van der Waals surface area contributed by atoms with Crippen molar-refractivity contribution in [2.45, 2.75) is 56.4 Å². The van der Waals surface area contributed by atoms with Crippen molar-refractivity contribution in [2.75, 3.05) is 72.9 Å². The molecular formula is C43H47ClF3N11O4. The second-order valence-electron chi connectivity index (χ2n) is 17.3. The summed E-state index contributed by atoms with van der Waals surface area (Å²) in [6, 6.07) is 7.83. The average molecular weight is 874 g/mol. The first-order valence-electron chi connectivity index (χ1n) is 21.3. The zero-order chi connectivity index (χ0) is 43.0. The van der Waals surface area contributed by atoms with E-state index in [-0.39, 0.29) is 35.5 Å². The minimum atomic E-state index is -3.14. The fourth-order valence-electron chi connectivity index (χ4n) is 9.67. The smallest absolute Gasteiger partial charge is 0.301 e. The van der Waals surface area contributed by atoms with E-state index in [1.54, 1.807) is 44.6 Å². The first-order chi connectivity index (χ1) is 29.8. The van der Waals surface area contributed by atoms with Crippen LogP contribution >= 0.6 is 11.6 Å². The van der Waals surface area contributed by atoms with E-state index < -0.39 is 36.0 Å². The van der Waals surface area contributed by atoms with Crippen molar-refractivity contribution in [3.8, 4) is 5.75 Å². The molecule has 5 aromatic rings. The number of alkyl halides is 2. The predicted molar refractivity (Wildman–Crippen MR) is 229 cm³/mol. The van der Waals surface area contributed by atoms with Crippen LogP contribution < -0.4 is 36.0 Å². The first-order valence-corrected chi connectivity index (χ1v) is 21.6. The number of nitrogens with zero attached hydrogens (tertiary/aromatic N) is 8. The number of fused-ring (bicyclic) bond motifs is 4. The maximum absolute atomic E-state index is 16.1. The van der Waals surface area contributed by atoms with Crippen molar-refractivity contribution in [1.82, 2.24) is 34.5 Å². The molecule has 2 atom stereocenters. The van der Waals surface area contributed by atoms with Crippen LogP contribution in [0.2, 0.25) is 5.02 Å². The van der Waals surface area contributed by atoms with E-state index in [0.717, 1.165) is 45.6 Å².